The van der Waals surface area contributed by atoms with Gasteiger partial charge in [-0.2, -0.15) is 5.26 Å². The van der Waals surface area contributed by atoms with E-state index in [0.29, 0.717) is 6.54 Å². The van der Waals surface area contributed by atoms with Crippen LogP contribution in [0.25, 0.3) is 11.1 Å². The third-order valence-electron chi connectivity index (χ3n) is 3.91. The number of rotatable bonds is 4. The molecule has 0 bridgehead atoms. The minimum absolute atomic E-state index is 0.103. The van der Waals surface area contributed by atoms with Gasteiger partial charge in [0.05, 0.1) is 6.07 Å². The number of nitrogens with zero attached hydrogens (tertiary/aromatic N) is 1. The molecule has 1 N–H and O–H groups in total. The monoisotopic (exact) mass is 306 g/mol. The summed E-state index contributed by atoms with van der Waals surface area (Å²) in [6.07, 6.45) is 1.10. The highest BCUT2D eigenvalue weighted by Gasteiger charge is 2.19. The number of nitriles is 1. The largest absolute Gasteiger partial charge is 0.490 e. The molecule has 0 spiro atoms. The van der Waals surface area contributed by atoms with Crippen molar-refractivity contribution < 1.29 is 9.53 Å². The Hall–Kier alpha value is -2.80. The minimum atomic E-state index is -0.246. The van der Waals surface area contributed by atoms with Crippen molar-refractivity contribution in [1.82, 2.24) is 5.32 Å². The SMILES string of the molecule is CC1Cc2cc(-c3ccc(CNC(=O)CC#N)cc3)ccc2O1. The lowest BCUT2D eigenvalue weighted by atomic mass is 10.00. The van der Waals surface area contributed by atoms with Gasteiger partial charge in [-0.3, -0.25) is 4.79 Å². The minimum Gasteiger partial charge on any atom is -0.490 e. The van der Waals surface area contributed by atoms with Gasteiger partial charge in [0, 0.05) is 13.0 Å². The number of hydrogen-bond acceptors (Lipinski definition) is 3. The van der Waals surface area contributed by atoms with Crippen molar-refractivity contribution in [3.8, 4) is 22.9 Å². The second kappa shape index (κ2) is 6.53. The summed E-state index contributed by atoms with van der Waals surface area (Å²) in [5.74, 6) is 0.738. The molecule has 1 amide bonds. The number of amides is 1. The van der Waals surface area contributed by atoms with Crippen LogP contribution in [0.3, 0.4) is 0 Å². The Morgan fingerprint density at radius 3 is 2.74 bits per heavy atom. The van der Waals surface area contributed by atoms with Crippen molar-refractivity contribution in [1.29, 1.82) is 5.26 Å². The van der Waals surface area contributed by atoms with E-state index in [9.17, 15) is 4.79 Å². The molecule has 0 aromatic heterocycles. The number of fused-ring (bicyclic) bond motifs is 1. The van der Waals surface area contributed by atoms with Crippen LogP contribution >= 0.6 is 0 Å². The molecule has 1 aliphatic heterocycles. The summed E-state index contributed by atoms with van der Waals surface area (Å²) in [5.41, 5.74) is 4.57. The van der Waals surface area contributed by atoms with Crippen LogP contribution < -0.4 is 10.1 Å². The zero-order valence-corrected chi connectivity index (χ0v) is 13.0. The first-order valence-electron chi connectivity index (χ1n) is 7.68. The number of hydrogen-bond donors (Lipinski definition) is 1. The third kappa shape index (κ3) is 3.51. The van der Waals surface area contributed by atoms with E-state index >= 15 is 0 Å². The zero-order chi connectivity index (χ0) is 16.2. The molecule has 1 unspecified atom stereocenters. The average Bonchev–Trinajstić information content (AvgIpc) is 2.93. The summed E-state index contributed by atoms with van der Waals surface area (Å²) in [6.45, 7) is 2.52. The Kier molecular flexibility index (Phi) is 4.29. The fraction of sp³-hybridized carbons (Fsp3) is 0.263. The predicted molar refractivity (Wildman–Crippen MR) is 87.7 cm³/mol. The Morgan fingerprint density at radius 1 is 1.26 bits per heavy atom. The number of nitrogens with one attached hydrogen (secondary N) is 1. The van der Waals surface area contributed by atoms with Crippen LogP contribution in [0, 0.1) is 11.3 Å². The average molecular weight is 306 g/mol. The normalized spacial score (nSPS) is 15.4. The van der Waals surface area contributed by atoms with Crippen LogP contribution in [0.5, 0.6) is 5.75 Å². The maximum Gasteiger partial charge on any atom is 0.234 e. The molecular weight excluding hydrogens is 288 g/mol. The Labute approximate surface area is 135 Å². The van der Waals surface area contributed by atoms with Crippen molar-refractivity contribution in [3.63, 3.8) is 0 Å². The molecule has 0 radical (unpaired) electrons. The maximum absolute atomic E-state index is 11.3. The summed E-state index contributed by atoms with van der Waals surface area (Å²) in [6, 6.07) is 16.2. The van der Waals surface area contributed by atoms with E-state index in [1.165, 1.54) is 11.1 Å². The van der Waals surface area contributed by atoms with Crippen molar-refractivity contribution in [2.45, 2.75) is 32.4 Å². The van der Waals surface area contributed by atoms with Gasteiger partial charge in [-0.25, -0.2) is 0 Å². The quantitative estimate of drug-likeness (QED) is 0.943. The number of benzene rings is 2. The molecule has 0 aliphatic carbocycles. The lowest BCUT2D eigenvalue weighted by Gasteiger charge is -2.07. The standard InChI is InChI=1S/C19H18N2O2/c1-13-10-17-11-16(6-7-18(17)23-13)15-4-2-14(3-5-15)12-21-19(22)8-9-20/h2-7,11,13H,8,10,12H2,1H3,(H,21,22). The van der Waals surface area contributed by atoms with Gasteiger partial charge in [0.15, 0.2) is 0 Å². The van der Waals surface area contributed by atoms with E-state index in [2.05, 4.69) is 24.4 Å². The molecule has 0 fully saturated rings. The smallest absolute Gasteiger partial charge is 0.234 e. The predicted octanol–water partition coefficient (Wildman–Crippen LogP) is 3.21. The van der Waals surface area contributed by atoms with Crippen LogP contribution in [0.1, 0.15) is 24.5 Å². The summed E-state index contributed by atoms with van der Waals surface area (Å²) in [5, 5.41) is 11.2. The van der Waals surface area contributed by atoms with Crippen molar-refractivity contribution in [3.05, 3.63) is 53.6 Å². The van der Waals surface area contributed by atoms with Gasteiger partial charge in [0.25, 0.3) is 0 Å². The van der Waals surface area contributed by atoms with E-state index in [0.717, 1.165) is 23.3 Å². The van der Waals surface area contributed by atoms with Gasteiger partial charge in [-0.15, -0.1) is 0 Å². The summed E-state index contributed by atoms with van der Waals surface area (Å²) in [7, 11) is 0. The molecule has 0 saturated heterocycles. The first kappa shape index (κ1) is 15.1. The molecule has 2 aromatic rings. The van der Waals surface area contributed by atoms with E-state index in [1.807, 2.05) is 36.4 Å². The molecule has 4 heteroatoms. The fourth-order valence-corrected chi connectivity index (χ4v) is 2.75. The Bertz CT molecular complexity index is 760. The van der Waals surface area contributed by atoms with Gasteiger partial charge in [0.2, 0.25) is 5.91 Å². The second-order valence-electron chi connectivity index (χ2n) is 5.76. The third-order valence-corrected chi connectivity index (χ3v) is 3.91. The van der Waals surface area contributed by atoms with Crippen LogP contribution in [-0.2, 0) is 17.8 Å². The molecule has 3 rings (SSSR count). The van der Waals surface area contributed by atoms with Crippen molar-refractivity contribution >= 4 is 5.91 Å². The molecule has 1 aliphatic rings. The first-order chi connectivity index (χ1) is 11.2. The van der Waals surface area contributed by atoms with Gasteiger partial charge in [-0.1, -0.05) is 30.3 Å². The molecule has 4 nitrogen and oxygen atoms in total. The van der Waals surface area contributed by atoms with Gasteiger partial charge < -0.3 is 10.1 Å². The van der Waals surface area contributed by atoms with E-state index in [-0.39, 0.29) is 18.4 Å². The number of carbonyl (C=O) groups excluding carboxylic acids is 1. The molecule has 1 atom stereocenters. The first-order valence-corrected chi connectivity index (χ1v) is 7.68. The highest BCUT2D eigenvalue weighted by atomic mass is 16.5. The fourth-order valence-electron chi connectivity index (χ4n) is 2.75. The van der Waals surface area contributed by atoms with E-state index in [1.54, 1.807) is 0 Å². The van der Waals surface area contributed by atoms with Gasteiger partial charge >= 0.3 is 0 Å². The number of ether oxygens (including phenoxy) is 1. The van der Waals surface area contributed by atoms with Crippen molar-refractivity contribution in [2.24, 2.45) is 0 Å². The topological polar surface area (TPSA) is 62.1 Å². The van der Waals surface area contributed by atoms with Crippen LogP contribution in [0.15, 0.2) is 42.5 Å². The molecule has 0 saturated carbocycles. The lowest BCUT2D eigenvalue weighted by Crippen LogP contribution is -2.21. The summed E-state index contributed by atoms with van der Waals surface area (Å²) >= 11 is 0. The molecule has 1 heterocycles. The highest BCUT2D eigenvalue weighted by Crippen LogP contribution is 2.32. The highest BCUT2D eigenvalue weighted by molar-refractivity contribution is 5.78. The van der Waals surface area contributed by atoms with Crippen LogP contribution in [0.2, 0.25) is 0 Å². The van der Waals surface area contributed by atoms with Crippen LogP contribution in [-0.4, -0.2) is 12.0 Å². The summed E-state index contributed by atoms with van der Waals surface area (Å²) in [4.78, 5) is 11.3. The van der Waals surface area contributed by atoms with E-state index < -0.39 is 0 Å². The molecule has 2 aromatic carbocycles. The number of carbonyl (C=O) groups is 1. The molecule has 116 valence electrons. The lowest BCUT2D eigenvalue weighted by molar-refractivity contribution is -0.120. The molecular formula is C19H18N2O2. The Morgan fingerprint density at radius 2 is 2.00 bits per heavy atom. The Balaban J connectivity index is 1.69. The van der Waals surface area contributed by atoms with Crippen molar-refractivity contribution in [2.75, 3.05) is 0 Å². The van der Waals surface area contributed by atoms with Crippen LogP contribution in [0.4, 0.5) is 0 Å². The maximum atomic E-state index is 11.3. The van der Waals surface area contributed by atoms with Gasteiger partial charge in [0.1, 0.15) is 18.3 Å². The zero-order valence-electron chi connectivity index (χ0n) is 13.0. The summed E-state index contributed by atoms with van der Waals surface area (Å²) < 4.78 is 5.73. The second-order valence-corrected chi connectivity index (χ2v) is 5.76. The van der Waals surface area contributed by atoms with Gasteiger partial charge in [-0.05, 0) is 41.3 Å². The molecule has 23 heavy (non-hydrogen) atoms. The van der Waals surface area contributed by atoms with E-state index in [4.69, 9.17) is 10.00 Å².